The second-order valence-electron chi connectivity index (χ2n) is 7.86. The van der Waals surface area contributed by atoms with Crippen molar-refractivity contribution in [2.75, 3.05) is 14.2 Å². The van der Waals surface area contributed by atoms with Crippen LogP contribution in [0.1, 0.15) is 45.5 Å². The summed E-state index contributed by atoms with van der Waals surface area (Å²) in [6, 6.07) is 10.5. The highest BCUT2D eigenvalue weighted by Gasteiger charge is 2.20. The monoisotopic (exact) mass is 479 g/mol. The van der Waals surface area contributed by atoms with Gasteiger partial charge in [0.15, 0.2) is 17.1 Å². The lowest BCUT2D eigenvalue weighted by Crippen LogP contribution is -2.41. The number of nitrogens with one attached hydrogen (secondary N) is 2. The number of benzene rings is 1. The second-order valence-corrected chi connectivity index (χ2v) is 9.15. The summed E-state index contributed by atoms with van der Waals surface area (Å²) in [6.07, 6.45) is 1.62. The molecule has 10 heteroatoms. The Bertz CT molecular complexity index is 1380. The minimum Gasteiger partial charge on any atom is -0.493 e. The van der Waals surface area contributed by atoms with E-state index in [0.29, 0.717) is 39.4 Å². The zero-order valence-corrected chi connectivity index (χ0v) is 20.3. The van der Waals surface area contributed by atoms with Gasteiger partial charge in [-0.25, -0.2) is 9.67 Å². The Labute approximate surface area is 200 Å². The first-order chi connectivity index (χ1) is 16.3. The highest BCUT2D eigenvalue weighted by molar-refractivity contribution is 7.15. The summed E-state index contributed by atoms with van der Waals surface area (Å²) in [5, 5.41) is 5.02. The van der Waals surface area contributed by atoms with Crippen LogP contribution in [-0.4, -0.2) is 40.8 Å². The molecule has 34 heavy (non-hydrogen) atoms. The van der Waals surface area contributed by atoms with Crippen molar-refractivity contribution >= 4 is 34.2 Å². The molecule has 0 fully saturated rings. The number of carbonyl (C=O) groups is 2. The number of carbonyl (C=O) groups excluding carboxylic acids is 2. The average Bonchev–Trinajstić information content (AvgIpc) is 3.47. The van der Waals surface area contributed by atoms with E-state index in [9.17, 15) is 9.59 Å². The molecule has 0 bridgehead atoms. The number of aryl methyl sites for hydroxylation is 1. The minimum absolute atomic E-state index is 0.0611. The van der Waals surface area contributed by atoms with Crippen molar-refractivity contribution in [3.63, 3.8) is 0 Å². The summed E-state index contributed by atoms with van der Waals surface area (Å²) in [7, 11) is 3.00. The van der Waals surface area contributed by atoms with Gasteiger partial charge >= 0.3 is 0 Å². The Morgan fingerprint density at radius 3 is 2.38 bits per heavy atom. The number of ether oxygens (including phenoxy) is 2. The molecule has 9 nitrogen and oxygen atoms in total. The molecule has 3 heterocycles. The molecule has 176 valence electrons. The lowest BCUT2D eigenvalue weighted by atomic mass is 10.1. The number of fused-ring (bicyclic) bond motifs is 1. The molecule has 1 aromatic carbocycles. The molecule has 0 aliphatic rings. The fraction of sp³-hybridized carbons (Fsp3) is 0.250. The van der Waals surface area contributed by atoms with Gasteiger partial charge in [0.2, 0.25) is 0 Å². The van der Waals surface area contributed by atoms with Gasteiger partial charge in [0.05, 0.1) is 41.9 Å². The van der Waals surface area contributed by atoms with Crippen molar-refractivity contribution in [2.45, 2.75) is 26.8 Å². The number of amides is 2. The fourth-order valence-electron chi connectivity index (χ4n) is 3.51. The fourth-order valence-corrected chi connectivity index (χ4v) is 4.34. The third-order valence-corrected chi connectivity index (χ3v) is 6.25. The second kappa shape index (κ2) is 9.52. The lowest BCUT2D eigenvalue weighted by Gasteiger charge is -2.12. The van der Waals surface area contributed by atoms with Crippen LogP contribution in [0.4, 0.5) is 0 Å². The smallest absolute Gasteiger partial charge is 0.270 e. The molecule has 0 radical (unpaired) electrons. The Morgan fingerprint density at radius 1 is 1.00 bits per heavy atom. The maximum Gasteiger partial charge on any atom is 0.270 e. The average molecular weight is 480 g/mol. The van der Waals surface area contributed by atoms with Crippen molar-refractivity contribution < 1.29 is 19.1 Å². The van der Waals surface area contributed by atoms with E-state index in [1.165, 1.54) is 20.3 Å². The first kappa shape index (κ1) is 23.2. The lowest BCUT2D eigenvalue weighted by molar-refractivity contribution is 0.0847. The maximum absolute atomic E-state index is 13.2. The van der Waals surface area contributed by atoms with E-state index >= 15 is 0 Å². The van der Waals surface area contributed by atoms with E-state index in [0.717, 1.165) is 9.75 Å². The number of hydrazine groups is 1. The van der Waals surface area contributed by atoms with Crippen molar-refractivity contribution in [3.05, 3.63) is 58.6 Å². The van der Waals surface area contributed by atoms with Gasteiger partial charge in [0, 0.05) is 16.5 Å². The predicted octanol–water partition coefficient (Wildman–Crippen LogP) is 4.14. The number of aromatic nitrogens is 3. The number of hydrogen-bond donors (Lipinski definition) is 2. The number of methoxy groups -OCH3 is 2. The highest BCUT2D eigenvalue weighted by Crippen LogP contribution is 2.31. The van der Waals surface area contributed by atoms with E-state index < -0.39 is 11.8 Å². The van der Waals surface area contributed by atoms with Crippen molar-refractivity contribution in [3.8, 4) is 22.1 Å². The summed E-state index contributed by atoms with van der Waals surface area (Å²) in [5.74, 6) is -0.0549. The van der Waals surface area contributed by atoms with Crippen molar-refractivity contribution in [1.29, 1.82) is 0 Å². The van der Waals surface area contributed by atoms with Crippen LogP contribution >= 0.6 is 11.3 Å². The molecular formula is C24H25N5O4S. The number of thiophene rings is 1. The normalized spacial score (nSPS) is 11.0. The van der Waals surface area contributed by atoms with Gasteiger partial charge in [-0.2, -0.15) is 5.10 Å². The van der Waals surface area contributed by atoms with E-state index in [4.69, 9.17) is 14.5 Å². The molecule has 0 saturated heterocycles. The van der Waals surface area contributed by atoms with Crippen LogP contribution in [0.5, 0.6) is 11.5 Å². The molecule has 2 amide bonds. The van der Waals surface area contributed by atoms with Gasteiger partial charge in [-0.3, -0.25) is 20.4 Å². The number of rotatable bonds is 6. The standard InChI is InChI=1S/C24H25N5O4S/c1-13(2)29-22-17(12-25-29)16(11-18(26-22)21-9-6-14(3)34-21)24(31)28-27-23(30)15-7-8-19(32-4)20(10-15)33-5/h6-13H,1-5H3,(H,27,30)(H,28,31). The van der Waals surface area contributed by atoms with Crippen LogP contribution in [-0.2, 0) is 0 Å². The zero-order chi connectivity index (χ0) is 24.4. The molecule has 0 unspecified atom stereocenters. The van der Waals surface area contributed by atoms with E-state index in [1.54, 1.807) is 40.4 Å². The summed E-state index contributed by atoms with van der Waals surface area (Å²) < 4.78 is 12.2. The van der Waals surface area contributed by atoms with Crippen LogP contribution < -0.4 is 20.3 Å². The van der Waals surface area contributed by atoms with Gasteiger partial charge in [-0.05, 0) is 57.2 Å². The Kier molecular flexibility index (Phi) is 6.51. The van der Waals surface area contributed by atoms with Gasteiger partial charge in [-0.15, -0.1) is 11.3 Å². The quantitative estimate of drug-likeness (QED) is 0.403. The molecule has 0 aliphatic carbocycles. The van der Waals surface area contributed by atoms with Gasteiger partial charge in [0.1, 0.15) is 0 Å². The maximum atomic E-state index is 13.2. The van der Waals surface area contributed by atoms with Gasteiger partial charge < -0.3 is 9.47 Å². The third-order valence-electron chi connectivity index (χ3n) is 5.23. The molecule has 0 aliphatic heterocycles. The highest BCUT2D eigenvalue weighted by atomic mass is 32.1. The number of pyridine rings is 1. The van der Waals surface area contributed by atoms with E-state index in [-0.39, 0.29) is 6.04 Å². The van der Waals surface area contributed by atoms with Crippen LogP contribution in [0, 0.1) is 6.92 Å². The topological polar surface area (TPSA) is 107 Å². The first-order valence-electron chi connectivity index (χ1n) is 10.6. The van der Waals surface area contributed by atoms with Gasteiger partial charge in [0.25, 0.3) is 11.8 Å². The Hall–Kier alpha value is -3.92. The molecule has 0 spiro atoms. The third kappa shape index (κ3) is 4.44. The molecule has 4 rings (SSSR count). The zero-order valence-electron chi connectivity index (χ0n) is 19.5. The summed E-state index contributed by atoms with van der Waals surface area (Å²) in [4.78, 5) is 32.7. The summed E-state index contributed by atoms with van der Waals surface area (Å²) in [5.41, 5.74) is 6.92. The van der Waals surface area contributed by atoms with Crippen molar-refractivity contribution in [1.82, 2.24) is 25.6 Å². The molecule has 0 saturated carbocycles. The summed E-state index contributed by atoms with van der Waals surface area (Å²) >= 11 is 1.59. The molecule has 3 aromatic heterocycles. The van der Waals surface area contributed by atoms with Gasteiger partial charge in [-0.1, -0.05) is 0 Å². The Morgan fingerprint density at radius 2 is 1.74 bits per heavy atom. The first-order valence-corrected chi connectivity index (χ1v) is 11.4. The molecule has 4 aromatic rings. The minimum atomic E-state index is -0.494. The van der Waals surface area contributed by atoms with Crippen LogP contribution in [0.25, 0.3) is 21.6 Å². The summed E-state index contributed by atoms with van der Waals surface area (Å²) in [6.45, 7) is 6.01. The molecular weight excluding hydrogens is 454 g/mol. The molecule has 0 atom stereocenters. The van der Waals surface area contributed by atoms with E-state index in [2.05, 4.69) is 16.0 Å². The van der Waals surface area contributed by atoms with Crippen LogP contribution in [0.2, 0.25) is 0 Å². The largest absolute Gasteiger partial charge is 0.493 e. The van der Waals surface area contributed by atoms with Crippen molar-refractivity contribution in [2.24, 2.45) is 0 Å². The molecule has 2 N–H and O–H groups in total. The number of hydrogen-bond acceptors (Lipinski definition) is 7. The Balaban J connectivity index is 1.63. The van der Waals surface area contributed by atoms with E-state index in [1.807, 2.05) is 32.9 Å². The van der Waals surface area contributed by atoms with Crippen LogP contribution in [0.3, 0.4) is 0 Å². The number of nitrogens with zero attached hydrogens (tertiary/aromatic N) is 3. The van der Waals surface area contributed by atoms with Crippen LogP contribution in [0.15, 0.2) is 42.6 Å². The predicted molar refractivity (Wildman–Crippen MR) is 130 cm³/mol. The SMILES string of the molecule is COc1ccc(C(=O)NNC(=O)c2cc(-c3ccc(C)s3)nc3c2cnn3C(C)C)cc1OC.